The molecule has 30 heavy (non-hydrogen) atoms. The van der Waals surface area contributed by atoms with Crippen LogP contribution in [0.1, 0.15) is 56.2 Å². The molecule has 5 rings (SSSR count). The Hall–Kier alpha value is -3.00. The molecule has 0 bridgehead atoms. The van der Waals surface area contributed by atoms with Crippen LogP contribution in [0.5, 0.6) is 0 Å². The second-order valence-corrected chi connectivity index (χ2v) is 8.45. The second kappa shape index (κ2) is 7.36. The van der Waals surface area contributed by atoms with Gasteiger partial charge in [-0.05, 0) is 46.7 Å². The van der Waals surface area contributed by atoms with Crippen LogP contribution in [-0.4, -0.2) is 6.67 Å². The van der Waals surface area contributed by atoms with Gasteiger partial charge in [0.2, 0.25) is 0 Å². The molecule has 0 N–H and O–H groups in total. The van der Waals surface area contributed by atoms with E-state index in [2.05, 4.69) is 80.0 Å². The van der Waals surface area contributed by atoms with Gasteiger partial charge in [-0.2, -0.15) is 0 Å². The van der Waals surface area contributed by atoms with Crippen LogP contribution in [0, 0.1) is 0 Å². The molecule has 3 aromatic rings. The Balaban J connectivity index is 1.76. The summed E-state index contributed by atoms with van der Waals surface area (Å²) in [7, 11) is 0. The Bertz CT molecular complexity index is 1260. The maximum Gasteiger partial charge on any atom is 0.130 e. The molecule has 1 aliphatic carbocycles. The fourth-order valence-corrected chi connectivity index (χ4v) is 5.64. The first-order valence-electron chi connectivity index (χ1n) is 11.1. The molecule has 0 unspecified atom stereocenters. The van der Waals surface area contributed by atoms with E-state index in [-0.39, 0.29) is 5.41 Å². The molecular weight excluding hydrogens is 364 g/mol. The van der Waals surface area contributed by atoms with Crippen LogP contribution >= 0.6 is 0 Å². The minimum atomic E-state index is 0.108. The van der Waals surface area contributed by atoms with Gasteiger partial charge in [-0.15, -0.1) is 0 Å². The summed E-state index contributed by atoms with van der Waals surface area (Å²) in [5.41, 5.74) is 9.40. The first-order chi connectivity index (χ1) is 14.7. The standard InChI is InChI=1S/C28H28N2/c1-4-15-28(16-5-2)24-10-8-7-9-22(24)23-14-12-20(17-25(23)28)21-13-11-19(6-3)26-27(21)30-18-29-26/h6-14,17H,3-5,15-16,18H2,1-2H3. The zero-order valence-electron chi connectivity index (χ0n) is 17.9. The van der Waals surface area contributed by atoms with E-state index in [4.69, 9.17) is 4.99 Å². The van der Waals surface area contributed by atoms with Crippen molar-refractivity contribution in [3.63, 3.8) is 0 Å². The molecule has 0 saturated heterocycles. The smallest absolute Gasteiger partial charge is 0.130 e. The zero-order valence-corrected chi connectivity index (χ0v) is 17.9. The molecule has 2 heteroatoms. The van der Waals surface area contributed by atoms with Crippen molar-refractivity contribution in [3.8, 4) is 22.3 Å². The SMILES string of the molecule is C=Cc1ccc(-c2ccc3c(c2)C(CCC)(CCC)c2ccccc2-3)c2c1=NCN=2. The first kappa shape index (κ1) is 19.0. The van der Waals surface area contributed by atoms with Gasteiger partial charge in [-0.1, -0.05) is 87.9 Å². The van der Waals surface area contributed by atoms with E-state index in [0.29, 0.717) is 6.67 Å². The van der Waals surface area contributed by atoms with Crippen LogP contribution in [0.15, 0.2) is 71.2 Å². The normalized spacial score (nSPS) is 15.0. The Labute approximate surface area is 178 Å². The van der Waals surface area contributed by atoms with Crippen molar-refractivity contribution in [2.75, 3.05) is 6.67 Å². The summed E-state index contributed by atoms with van der Waals surface area (Å²) in [5.74, 6) is 0. The van der Waals surface area contributed by atoms with E-state index in [1.54, 1.807) is 0 Å². The van der Waals surface area contributed by atoms with Gasteiger partial charge in [0, 0.05) is 16.5 Å². The third-order valence-corrected chi connectivity index (χ3v) is 6.79. The Morgan fingerprint density at radius 2 is 1.53 bits per heavy atom. The van der Waals surface area contributed by atoms with Gasteiger partial charge in [0.25, 0.3) is 0 Å². The molecule has 0 radical (unpaired) electrons. The average molecular weight is 393 g/mol. The predicted molar refractivity (Wildman–Crippen MR) is 125 cm³/mol. The maximum atomic E-state index is 4.71. The topological polar surface area (TPSA) is 24.7 Å². The number of fused-ring (bicyclic) bond motifs is 4. The number of nitrogens with zero attached hydrogens (tertiary/aromatic N) is 2. The molecule has 2 nitrogen and oxygen atoms in total. The molecular formula is C28H28N2. The fourth-order valence-electron chi connectivity index (χ4n) is 5.64. The minimum Gasteiger partial charge on any atom is -0.259 e. The quantitative estimate of drug-likeness (QED) is 0.486. The Kier molecular flexibility index (Phi) is 4.66. The van der Waals surface area contributed by atoms with Gasteiger partial charge in [-0.3, -0.25) is 9.98 Å². The van der Waals surface area contributed by atoms with Crippen LogP contribution in [0.4, 0.5) is 0 Å². The van der Waals surface area contributed by atoms with Crippen molar-refractivity contribution in [3.05, 3.63) is 88.6 Å². The lowest BCUT2D eigenvalue weighted by atomic mass is 9.71. The lowest BCUT2D eigenvalue weighted by Crippen LogP contribution is -2.27. The summed E-state index contributed by atoms with van der Waals surface area (Å²) in [5, 5.41) is 2.00. The monoisotopic (exact) mass is 392 g/mol. The van der Waals surface area contributed by atoms with E-state index in [0.717, 1.165) is 16.3 Å². The highest BCUT2D eigenvalue weighted by atomic mass is 15.0. The van der Waals surface area contributed by atoms with Gasteiger partial charge in [-0.25, -0.2) is 0 Å². The summed E-state index contributed by atoms with van der Waals surface area (Å²) in [4.78, 5) is 9.32. The highest BCUT2D eigenvalue weighted by Crippen LogP contribution is 2.54. The summed E-state index contributed by atoms with van der Waals surface area (Å²) < 4.78 is 0. The van der Waals surface area contributed by atoms with Gasteiger partial charge in [0.05, 0.1) is 10.7 Å². The largest absolute Gasteiger partial charge is 0.259 e. The Morgan fingerprint density at radius 3 is 2.30 bits per heavy atom. The van der Waals surface area contributed by atoms with Crippen molar-refractivity contribution in [1.82, 2.24) is 0 Å². The predicted octanol–water partition coefficient (Wildman–Crippen LogP) is 6.07. The minimum absolute atomic E-state index is 0.108. The molecule has 0 aromatic heterocycles. The van der Waals surface area contributed by atoms with Crippen molar-refractivity contribution in [2.45, 2.75) is 44.9 Å². The van der Waals surface area contributed by atoms with E-state index in [1.807, 2.05) is 6.08 Å². The third kappa shape index (κ3) is 2.63. The summed E-state index contributed by atoms with van der Waals surface area (Å²) in [6, 6.07) is 20.4. The highest BCUT2D eigenvalue weighted by molar-refractivity contribution is 5.84. The van der Waals surface area contributed by atoms with E-state index in [9.17, 15) is 0 Å². The van der Waals surface area contributed by atoms with Crippen LogP contribution in [0.2, 0.25) is 0 Å². The highest BCUT2D eigenvalue weighted by Gasteiger charge is 2.41. The molecule has 0 atom stereocenters. The molecule has 0 saturated carbocycles. The van der Waals surface area contributed by atoms with Crippen LogP contribution in [0.3, 0.4) is 0 Å². The lowest BCUT2D eigenvalue weighted by molar-refractivity contribution is 0.436. The zero-order chi connectivity index (χ0) is 20.7. The van der Waals surface area contributed by atoms with E-state index >= 15 is 0 Å². The van der Waals surface area contributed by atoms with Crippen molar-refractivity contribution in [2.24, 2.45) is 9.98 Å². The van der Waals surface area contributed by atoms with Gasteiger partial charge in [0.1, 0.15) is 6.67 Å². The summed E-state index contributed by atoms with van der Waals surface area (Å²) in [6.07, 6.45) is 6.59. The number of benzene rings is 3. The second-order valence-electron chi connectivity index (χ2n) is 8.45. The van der Waals surface area contributed by atoms with Crippen molar-refractivity contribution < 1.29 is 0 Å². The van der Waals surface area contributed by atoms with Gasteiger partial charge in [0.15, 0.2) is 0 Å². The van der Waals surface area contributed by atoms with Crippen molar-refractivity contribution >= 4 is 6.08 Å². The van der Waals surface area contributed by atoms with Crippen LogP contribution < -0.4 is 10.7 Å². The van der Waals surface area contributed by atoms with Crippen LogP contribution in [0.25, 0.3) is 28.3 Å². The van der Waals surface area contributed by atoms with Gasteiger partial charge < -0.3 is 0 Å². The van der Waals surface area contributed by atoms with E-state index < -0.39 is 0 Å². The molecule has 0 amide bonds. The fraction of sp³-hybridized carbons (Fsp3) is 0.286. The number of hydrogen-bond donors (Lipinski definition) is 0. The third-order valence-electron chi connectivity index (χ3n) is 6.79. The molecule has 1 aliphatic heterocycles. The Morgan fingerprint density at radius 1 is 0.833 bits per heavy atom. The lowest BCUT2D eigenvalue weighted by Gasteiger charge is -2.32. The van der Waals surface area contributed by atoms with E-state index in [1.165, 1.54) is 59.1 Å². The molecule has 2 aliphatic rings. The van der Waals surface area contributed by atoms with Crippen LogP contribution in [-0.2, 0) is 5.41 Å². The molecule has 3 aromatic carbocycles. The number of hydrogen-bond acceptors (Lipinski definition) is 2. The molecule has 1 heterocycles. The first-order valence-corrected chi connectivity index (χ1v) is 11.1. The van der Waals surface area contributed by atoms with Gasteiger partial charge >= 0.3 is 0 Å². The summed E-state index contributed by atoms with van der Waals surface area (Å²) >= 11 is 0. The maximum absolute atomic E-state index is 4.71. The molecule has 150 valence electrons. The van der Waals surface area contributed by atoms with Crippen molar-refractivity contribution in [1.29, 1.82) is 0 Å². The summed E-state index contributed by atoms with van der Waals surface area (Å²) in [6.45, 7) is 9.07. The molecule has 0 spiro atoms. The average Bonchev–Trinajstić information content (AvgIpc) is 3.37. The number of rotatable bonds is 6. The molecule has 0 fully saturated rings.